The fourth-order valence-electron chi connectivity index (χ4n) is 0.556. The van der Waals surface area contributed by atoms with Crippen molar-refractivity contribution in [2.45, 2.75) is 13.1 Å². The summed E-state index contributed by atoms with van der Waals surface area (Å²) in [6.45, 7) is 0.237. The van der Waals surface area contributed by atoms with Crippen molar-refractivity contribution in [3.05, 3.63) is 0 Å². The number of hydrogen-bond donors (Lipinski definition) is 1. The zero-order chi connectivity index (χ0) is 11.9. The maximum atomic E-state index is 11.6. The number of sulfonamides is 1. The molecule has 0 radical (unpaired) electrons. The third kappa shape index (κ3) is 9.91. The van der Waals surface area contributed by atoms with E-state index in [1.54, 1.807) is 6.92 Å². The van der Waals surface area contributed by atoms with Crippen LogP contribution in [0.5, 0.6) is 0 Å². The molecule has 0 rings (SSSR count). The van der Waals surface area contributed by atoms with Crippen LogP contribution in [0.2, 0.25) is 0 Å². The van der Waals surface area contributed by atoms with Crippen LogP contribution in [0.25, 0.3) is 0 Å². The Morgan fingerprint density at radius 3 is 2.40 bits per heavy atom. The van der Waals surface area contributed by atoms with Crippen LogP contribution in [-0.4, -0.2) is 40.2 Å². The molecule has 15 heavy (non-hydrogen) atoms. The fraction of sp³-hybridized carbons (Fsp3) is 1.00. The van der Waals surface area contributed by atoms with Crippen LogP contribution >= 0.6 is 0 Å². The van der Waals surface area contributed by atoms with E-state index in [0.717, 1.165) is 0 Å². The van der Waals surface area contributed by atoms with Gasteiger partial charge >= 0.3 is 6.18 Å². The summed E-state index contributed by atoms with van der Waals surface area (Å²) in [5.41, 5.74) is 0. The molecule has 0 fully saturated rings. The molecule has 92 valence electrons. The van der Waals surface area contributed by atoms with E-state index in [1.807, 2.05) is 0 Å². The van der Waals surface area contributed by atoms with E-state index in [-0.39, 0.29) is 6.61 Å². The summed E-state index contributed by atoms with van der Waals surface area (Å²) < 4.78 is 61.2. The van der Waals surface area contributed by atoms with Crippen LogP contribution < -0.4 is 4.89 Å². The van der Waals surface area contributed by atoms with E-state index in [2.05, 4.69) is 4.84 Å². The average molecular weight is 251 g/mol. The minimum Gasteiger partial charge on any atom is -0.381 e. The van der Waals surface area contributed by atoms with E-state index in [9.17, 15) is 21.6 Å². The molecule has 9 heteroatoms. The SMILES string of the molecule is CCOCCS(=O)(=O)NOCC(F)(F)F. The molecule has 0 aromatic rings. The molecule has 0 aliphatic rings. The number of hydrogen-bond acceptors (Lipinski definition) is 4. The first kappa shape index (κ1) is 14.6. The van der Waals surface area contributed by atoms with E-state index < -0.39 is 28.6 Å². The Kier molecular flexibility index (Phi) is 6.10. The molecule has 0 aliphatic carbocycles. The molecule has 0 amide bonds. The van der Waals surface area contributed by atoms with Crippen LogP contribution in [0, 0.1) is 0 Å². The summed E-state index contributed by atoms with van der Waals surface area (Å²) in [4.78, 5) is 5.12. The molecule has 1 N–H and O–H groups in total. The Morgan fingerprint density at radius 2 is 1.93 bits per heavy atom. The summed E-state index contributed by atoms with van der Waals surface area (Å²) in [5, 5.41) is 0. The number of alkyl halides is 3. The Bertz CT molecular complexity index is 264. The molecule has 0 saturated carbocycles. The van der Waals surface area contributed by atoms with Crippen molar-refractivity contribution in [1.29, 1.82) is 0 Å². The zero-order valence-corrected chi connectivity index (χ0v) is 8.82. The van der Waals surface area contributed by atoms with Gasteiger partial charge in [-0.3, -0.25) is 4.84 Å². The summed E-state index contributed by atoms with van der Waals surface area (Å²) in [6, 6.07) is 0. The molecule has 0 bridgehead atoms. The van der Waals surface area contributed by atoms with Gasteiger partial charge < -0.3 is 4.74 Å². The molecule has 0 atom stereocenters. The largest absolute Gasteiger partial charge is 0.413 e. The molecular weight excluding hydrogens is 239 g/mol. The van der Waals surface area contributed by atoms with Crippen molar-refractivity contribution in [2.75, 3.05) is 25.6 Å². The van der Waals surface area contributed by atoms with Crippen molar-refractivity contribution >= 4 is 10.0 Å². The molecular formula is C6H12F3NO4S. The minimum atomic E-state index is -4.57. The monoisotopic (exact) mass is 251 g/mol. The van der Waals surface area contributed by atoms with Crippen molar-refractivity contribution in [3.8, 4) is 0 Å². The van der Waals surface area contributed by atoms with Crippen molar-refractivity contribution in [3.63, 3.8) is 0 Å². The van der Waals surface area contributed by atoms with Crippen LogP contribution in [0.1, 0.15) is 6.92 Å². The van der Waals surface area contributed by atoms with Crippen molar-refractivity contribution in [1.82, 2.24) is 4.89 Å². The third-order valence-electron chi connectivity index (χ3n) is 1.12. The summed E-state index contributed by atoms with van der Waals surface area (Å²) in [5.74, 6) is -0.446. The lowest BCUT2D eigenvalue weighted by molar-refractivity contribution is -0.181. The highest BCUT2D eigenvalue weighted by atomic mass is 32.2. The zero-order valence-electron chi connectivity index (χ0n) is 8.00. The van der Waals surface area contributed by atoms with E-state index in [1.165, 1.54) is 4.89 Å². The highest BCUT2D eigenvalue weighted by molar-refractivity contribution is 7.89. The van der Waals surface area contributed by atoms with Gasteiger partial charge in [0.1, 0.15) is 0 Å². The summed E-state index contributed by atoms with van der Waals surface area (Å²) >= 11 is 0. The van der Waals surface area contributed by atoms with Gasteiger partial charge in [-0.05, 0) is 6.92 Å². The molecule has 0 aromatic heterocycles. The minimum absolute atomic E-state index is 0.0960. The lowest BCUT2D eigenvalue weighted by atomic mass is 10.7. The second-order valence-electron chi connectivity index (χ2n) is 2.50. The van der Waals surface area contributed by atoms with Gasteiger partial charge in [-0.25, -0.2) is 8.42 Å². The number of halogens is 3. The molecule has 0 unspecified atom stereocenters. The topological polar surface area (TPSA) is 64.6 Å². The first-order chi connectivity index (χ1) is 6.77. The van der Waals surface area contributed by atoms with Crippen LogP contribution in [0.4, 0.5) is 13.2 Å². The third-order valence-corrected chi connectivity index (χ3v) is 2.20. The van der Waals surface area contributed by atoms with Crippen LogP contribution in [0.3, 0.4) is 0 Å². The second-order valence-corrected chi connectivity index (χ2v) is 4.31. The first-order valence-corrected chi connectivity index (χ1v) is 5.68. The lowest BCUT2D eigenvalue weighted by Gasteiger charge is -2.08. The maximum Gasteiger partial charge on any atom is 0.413 e. The van der Waals surface area contributed by atoms with Gasteiger partial charge in [-0.1, -0.05) is 4.89 Å². The molecule has 0 saturated heterocycles. The van der Waals surface area contributed by atoms with Gasteiger partial charge in [0.05, 0.1) is 12.4 Å². The Balaban J connectivity index is 3.75. The smallest absolute Gasteiger partial charge is 0.381 e. The summed E-state index contributed by atoms with van der Waals surface area (Å²) in [6.07, 6.45) is -4.57. The molecule has 0 aromatic carbocycles. The molecule has 5 nitrogen and oxygen atoms in total. The highest BCUT2D eigenvalue weighted by Crippen LogP contribution is 2.13. The fourth-order valence-corrected chi connectivity index (χ4v) is 1.21. The highest BCUT2D eigenvalue weighted by Gasteiger charge is 2.28. The second kappa shape index (κ2) is 6.26. The maximum absolute atomic E-state index is 11.6. The van der Waals surface area contributed by atoms with Gasteiger partial charge in [0.2, 0.25) is 10.0 Å². The number of rotatable bonds is 7. The van der Waals surface area contributed by atoms with E-state index in [0.29, 0.717) is 6.61 Å². The predicted octanol–water partition coefficient (Wildman–Crippen LogP) is 0.436. The van der Waals surface area contributed by atoms with Gasteiger partial charge in [-0.15, -0.1) is 0 Å². The van der Waals surface area contributed by atoms with Gasteiger partial charge in [0.15, 0.2) is 6.61 Å². The van der Waals surface area contributed by atoms with Crippen molar-refractivity contribution in [2.24, 2.45) is 0 Å². The van der Waals surface area contributed by atoms with Gasteiger partial charge in [0, 0.05) is 6.61 Å². The quantitative estimate of drug-likeness (QED) is 0.526. The Labute approximate surface area is 85.6 Å². The van der Waals surface area contributed by atoms with Crippen molar-refractivity contribution < 1.29 is 31.2 Å². The molecule has 0 spiro atoms. The molecule has 0 aliphatic heterocycles. The van der Waals surface area contributed by atoms with E-state index in [4.69, 9.17) is 4.74 Å². The van der Waals surface area contributed by atoms with Gasteiger partial charge in [0.25, 0.3) is 0 Å². The number of ether oxygens (including phenoxy) is 1. The Morgan fingerprint density at radius 1 is 1.33 bits per heavy atom. The van der Waals surface area contributed by atoms with E-state index >= 15 is 0 Å². The lowest BCUT2D eigenvalue weighted by Crippen LogP contribution is -2.32. The average Bonchev–Trinajstić information content (AvgIpc) is 2.01. The van der Waals surface area contributed by atoms with Crippen LogP contribution in [-0.2, 0) is 19.6 Å². The Hall–Kier alpha value is -0.380. The van der Waals surface area contributed by atoms with Crippen LogP contribution in [0.15, 0.2) is 0 Å². The standard InChI is InChI=1S/C6H12F3NO4S/c1-2-13-3-4-15(11,12)10-14-5-6(7,8)9/h10H,2-5H2,1H3. The normalized spacial score (nSPS) is 13.1. The number of nitrogens with one attached hydrogen (secondary N) is 1. The first-order valence-electron chi connectivity index (χ1n) is 4.02. The van der Waals surface area contributed by atoms with Gasteiger partial charge in [-0.2, -0.15) is 13.2 Å². The predicted molar refractivity (Wildman–Crippen MR) is 45.4 cm³/mol. The molecule has 0 heterocycles. The summed E-state index contributed by atoms with van der Waals surface area (Å²) in [7, 11) is -3.87.